The standard InChI is InChI=1S/C13H4F4O/c14-5-1-2-6-7(3-5)13(18)11-10(6)8(15)4-9(16)12(11)17/h1-4H. The molecule has 0 amide bonds. The molecule has 0 aliphatic heterocycles. The van der Waals surface area contributed by atoms with Crippen molar-refractivity contribution in [1.82, 2.24) is 0 Å². The molecular formula is C13H4F4O. The molecule has 90 valence electrons. The van der Waals surface area contributed by atoms with Crippen LogP contribution in [0.5, 0.6) is 0 Å². The Morgan fingerprint density at radius 3 is 2.22 bits per heavy atom. The van der Waals surface area contributed by atoms with Crippen molar-refractivity contribution in [2.75, 3.05) is 0 Å². The van der Waals surface area contributed by atoms with E-state index in [4.69, 9.17) is 0 Å². The molecule has 0 atom stereocenters. The van der Waals surface area contributed by atoms with Crippen molar-refractivity contribution in [3.05, 3.63) is 58.7 Å². The number of benzene rings is 2. The Kier molecular flexibility index (Phi) is 2.08. The van der Waals surface area contributed by atoms with E-state index >= 15 is 0 Å². The van der Waals surface area contributed by atoms with E-state index in [0.29, 0.717) is 6.07 Å². The number of carbonyl (C=O) groups excluding carboxylic acids is 1. The number of hydrogen-bond acceptors (Lipinski definition) is 1. The van der Waals surface area contributed by atoms with Gasteiger partial charge in [-0.05, 0) is 17.7 Å². The molecule has 2 aromatic carbocycles. The summed E-state index contributed by atoms with van der Waals surface area (Å²) in [4.78, 5) is 11.8. The molecule has 2 aromatic rings. The van der Waals surface area contributed by atoms with E-state index in [9.17, 15) is 22.4 Å². The zero-order valence-electron chi connectivity index (χ0n) is 8.73. The third kappa shape index (κ3) is 1.24. The van der Waals surface area contributed by atoms with Crippen LogP contribution in [-0.2, 0) is 0 Å². The molecule has 0 fully saturated rings. The molecule has 0 saturated carbocycles. The van der Waals surface area contributed by atoms with Crippen LogP contribution in [0.25, 0.3) is 11.1 Å². The van der Waals surface area contributed by atoms with Crippen molar-refractivity contribution in [3.8, 4) is 11.1 Å². The van der Waals surface area contributed by atoms with Crippen LogP contribution in [0.15, 0.2) is 24.3 Å². The third-order valence-electron chi connectivity index (χ3n) is 2.89. The van der Waals surface area contributed by atoms with Crippen LogP contribution in [0.3, 0.4) is 0 Å². The summed E-state index contributed by atoms with van der Waals surface area (Å²) in [6, 6.07) is 3.46. The number of fused-ring (bicyclic) bond motifs is 3. The van der Waals surface area contributed by atoms with Crippen LogP contribution in [0.2, 0.25) is 0 Å². The predicted molar refractivity (Wildman–Crippen MR) is 55.1 cm³/mol. The van der Waals surface area contributed by atoms with E-state index in [-0.39, 0.29) is 16.7 Å². The summed E-state index contributed by atoms with van der Waals surface area (Å²) in [6.45, 7) is 0. The smallest absolute Gasteiger partial charge is 0.197 e. The first-order chi connectivity index (χ1) is 8.50. The average molecular weight is 252 g/mol. The summed E-state index contributed by atoms with van der Waals surface area (Å²) < 4.78 is 53.3. The van der Waals surface area contributed by atoms with Gasteiger partial charge in [-0.1, -0.05) is 6.07 Å². The Morgan fingerprint density at radius 1 is 0.778 bits per heavy atom. The topological polar surface area (TPSA) is 17.1 Å². The van der Waals surface area contributed by atoms with Gasteiger partial charge in [-0.3, -0.25) is 4.79 Å². The van der Waals surface area contributed by atoms with E-state index < -0.39 is 34.6 Å². The molecule has 0 heterocycles. The van der Waals surface area contributed by atoms with Crippen LogP contribution >= 0.6 is 0 Å². The number of rotatable bonds is 0. The molecule has 1 nitrogen and oxygen atoms in total. The van der Waals surface area contributed by atoms with E-state index in [1.807, 2.05) is 0 Å². The summed E-state index contributed by atoms with van der Waals surface area (Å²) in [5.41, 5.74) is -1.07. The van der Waals surface area contributed by atoms with Gasteiger partial charge in [-0.25, -0.2) is 17.6 Å². The second kappa shape index (κ2) is 3.41. The van der Waals surface area contributed by atoms with Gasteiger partial charge in [0.1, 0.15) is 11.6 Å². The minimum absolute atomic E-state index is 0.0767. The zero-order chi connectivity index (χ0) is 13.0. The second-order valence-electron chi connectivity index (χ2n) is 3.92. The summed E-state index contributed by atoms with van der Waals surface area (Å²) in [7, 11) is 0. The Morgan fingerprint density at radius 2 is 1.50 bits per heavy atom. The second-order valence-corrected chi connectivity index (χ2v) is 3.92. The molecule has 0 N–H and O–H groups in total. The highest BCUT2D eigenvalue weighted by Gasteiger charge is 2.34. The van der Waals surface area contributed by atoms with Crippen molar-refractivity contribution in [2.24, 2.45) is 0 Å². The Hall–Kier alpha value is -2.17. The van der Waals surface area contributed by atoms with Crippen LogP contribution < -0.4 is 0 Å². The lowest BCUT2D eigenvalue weighted by Gasteiger charge is -2.03. The summed E-state index contributed by atoms with van der Waals surface area (Å²) >= 11 is 0. The fraction of sp³-hybridized carbons (Fsp3) is 0. The molecule has 0 saturated heterocycles. The maximum atomic E-state index is 13.6. The molecule has 0 radical (unpaired) electrons. The highest BCUT2D eigenvalue weighted by Crippen LogP contribution is 2.40. The predicted octanol–water partition coefficient (Wildman–Crippen LogP) is 3.45. The Labute approximate surface area is 98.7 Å². The van der Waals surface area contributed by atoms with E-state index in [1.165, 1.54) is 6.07 Å². The number of hydrogen-bond donors (Lipinski definition) is 0. The van der Waals surface area contributed by atoms with E-state index in [2.05, 4.69) is 0 Å². The highest BCUT2D eigenvalue weighted by molar-refractivity contribution is 6.21. The van der Waals surface area contributed by atoms with Crippen molar-refractivity contribution in [2.45, 2.75) is 0 Å². The zero-order valence-corrected chi connectivity index (χ0v) is 8.73. The van der Waals surface area contributed by atoms with Gasteiger partial charge >= 0.3 is 0 Å². The molecule has 0 aromatic heterocycles. The van der Waals surface area contributed by atoms with Crippen molar-refractivity contribution >= 4 is 5.78 Å². The molecule has 0 spiro atoms. The first-order valence-corrected chi connectivity index (χ1v) is 5.03. The highest BCUT2D eigenvalue weighted by atomic mass is 19.2. The minimum Gasteiger partial charge on any atom is -0.288 e. The molecule has 1 aliphatic carbocycles. The first kappa shape index (κ1) is 11.0. The van der Waals surface area contributed by atoms with E-state index in [1.54, 1.807) is 0 Å². The SMILES string of the molecule is O=C1c2cc(F)ccc2-c2c(F)cc(F)c(F)c21. The van der Waals surface area contributed by atoms with E-state index in [0.717, 1.165) is 12.1 Å². The fourth-order valence-electron chi connectivity index (χ4n) is 2.13. The quantitative estimate of drug-likeness (QED) is 0.442. The van der Waals surface area contributed by atoms with Crippen molar-refractivity contribution in [1.29, 1.82) is 0 Å². The fourth-order valence-corrected chi connectivity index (χ4v) is 2.13. The minimum atomic E-state index is -1.44. The maximum absolute atomic E-state index is 13.6. The summed E-state index contributed by atoms with van der Waals surface area (Å²) in [5.74, 6) is -5.49. The largest absolute Gasteiger partial charge is 0.288 e. The summed E-state index contributed by atoms with van der Waals surface area (Å²) in [6.07, 6.45) is 0. The lowest BCUT2D eigenvalue weighted by Crippen LogP contribution is -2.02. The molecular weight excluding hydrogens is 248 g/mol. The lowest BCUT2D eigenvalue weighted by molar-refractivity contribution is 0.103. The summed E-state index contributed by atoms with van der Waals surface area (Å²) in [5, 5.41) is 0. The number of ketones is 1. The van der Waals surface area contributed by atoms with Crippen LogP contribution in [0.4, 0.5) is 17.6 Å². The average Bonchev–Trinajstić information content (AvgIpc) is 2.61. The molecule has 0 bridgehead atoms. The molecule has 18 heavy (non-hydrogen) atoms. The van der Waals surface area contributed by atoms with Gasteiger partial charge in [0.15, 0.2) is 17.4 Å². The first-order valence-electron chi connectivity index (χ1n) is 5.03. The Bertz CT molecular complexity index is 707. The van der Waals surface area contributed by atoms with Gasteiger partial charge in [0.2, 0.25) is 0 Å². The monoisotopic (exact) mass is 252 g/mol. The van der Waals surface area contributed by atoms with Gasteiger partial charge < -0.3 is 0 Å². The van der Waals surface area contributed by atoms with Gasteiger partial charge in [0, 0.05) is 17.2 Å². The van der Waals surface area contributed by atoms with Crippen molar-refractivity contribution in [3.63, 3.8) is 0 Å². The molecule has 0 unspecified atom stereocenters. The molecule has 1 aliphatic rings. The van der Waals surface area contributed by atoms with Crippen LogP contribution in [0, 0.1) is 23.3 Å². The van der Waals surface area contributed by atoms with Gasteiger partial charge in [0.25, 0.3) is 0 Å². The number of halogens is 4. The van der Waals surface area contributed by atoms with Gasteiger partial charge in [0.05, 0.1) is 5.56 Å². The van der Waals surface area contributed by atoms with Crippen molar-refractivity contribution < 1.29 is 22.4 Å². The van der Waals surface area contributed by atoms with Crippen LogP contribution in [0.1, 0.15) is 15.9 Å². The molecule has 3 rings (SSSR count). The van der Waals surface area contributed by atoms with Crippen LogP contribution in [-0.4, -0.2) is 5.78 Å². The van der Waals surface area contributed by atoms with Gasteiger partial charge in [-0.15, -0.1) is 0 Å². The third-order valence-corrected chi connectivity index (χ3v) is 2.89. The normalized spacial score (nSPS) is 12.6. The molecule has 5 heteroatoms. The Balaban J connectivity index is 2.44. The number of carbonyl (C=O) groups is 1. The maximum Gasteiger partial charge on any atom is 0.197 e. The van der Waals surface area contributed by atoms with Gasteiger partial charge in [-0.2, -0.15) is 0 Å². The lowest BCUT2D eigenvalue weighted by atomic mass is 10.0.